The zero-order valence-electron chi connectivity index (χ0n) is 11.7. The van der Waals surface area contributed by atoms with Gasteiger partial charge in [0.05, 0.1) is 36.5 Å². The monoisotopic (exact) mass is 286 g/mol. The summed E-state index contributed by atoms with van der Waals surface area (Å²) < 4.78 is 7.20. The highest BCUT2D eigenvalue weighted by molar-refractivity contribution is 6.01. The Balaban J connectivity index is 1.57. The van der Waals surface area contributed by atoms with Gasteiger partial charge in [0.25, 0.3) is 5.91 Å². The molecule has 6 nitrogen and oxygen atoms in total. The molecule has 2 aliphatic rings. The maximum absolute atomic E-state index is 12.5. The van der Waals surface area contributed by atoms with Crippen molar-refractivity contribution >= 4 is 17.1 Å². The van der Waals surface area contributed by atoms with E-state index in [4.69, 9.17) is 10.5 Å². The molecule has 2 unspecified atom stereocenters. The number of nitrogen functional groups attached to an aromatic ring is 1. The summed E-state index contributed by atoms with van der Waals surface area (Å²) >= 11 is 0. The number of nitrogens with zero attached hydrogens (tertiary/aromatic N) is 2. The van der Waals surface area contributed by atoms with Crippen LogP contribution in [0.2, 0.25) is 0 Å². The van der Waals surface area contributed by atoms with Crippen molar-refractivity contribution in [2.24, 2.45) is 11.8 Å². The molecular formula is C15H18N4O2. The van der Waals surface area contributed by atoms with Gasteiger partial charge < -0.3 is 15.8 Å². The van der Waals surface area contributed by atoms with Crippen molar-refractivity contribution in [3.63, 3.8) is 0 Å². The normalized spacial score (nSPS) is 25.3. The first-order valence-corrected chi connectivity index (χ1v) is 7.34. The van der Waals surface area contributed by atoms with Crippen molar-refractivity contribution in [3.8, 4) is 0 Å². The molecule has 2 fully saturated rings. The van der Waals surface area contributed by atoms with Gasteiger partial charge in [-0.05, 0) is 30.9 Å². The van der Waals surface area contributed by atoms with E-state index in [2.05, 4.69) is 10.4 Å². The van der Waals surface area contributed by atoms with E-state index in [1.165, 1.54) is 12.8 Å². The van der Waals surface area contributed by atoms with E-state index in [9.17, 15) is 4.79 Å². The highest BCUT2D eigenvalue weighted by atomic mass is 16.5. The van der Waals surface area contributed by atoms with E-state index in [0.29, 0.717) is 23.8 Å². The fraction of sp³-hybridized carbons (Fsp3) is 0.467. The van der Waals surface area contributed by atoms with Gasteiger partial charge in [-0.3, -0.25) is 4.79 Å². The van der Waals surface area contributed by atoms with Gasteiger partial charge in [-0.1, -0.05) is 0 Å². The second-order valence-corrected chi connectivity index (χ2v) is 5.97. The second-order valence-electron chi connectivity index (χ2n) is 5.97. The highest BCUT2D eigenvalue weighted by Gasteiger charge is 2.41. The van der Waals surface area contributed by atoms with Crippen molar-refractivity contribution in [1.29, 1.82) is 0 Å². The van der Waals surface area contributed by atoms with Crippen LogP contribution in [0, 0.1) is 11.8 Å². The molecule has 6 heteroatoms. The second kappa shape index (κ2) is 4.73. The Labute approximate surface area is 122 Å². The molecule has 2 aromatic rings. The molecule has 1 saturated heterocycles. The van der Waals surface area contributed by atoms with Crippen LogP contribution in [0.1, 0.15) is 23.2 Å². The summed E-state index contributed by atoms with van der Waals surface area (Å²) in [5.74, 6) is 1.08. The average Bonchev–Trinajstić information content (AvgIpc) is 3.06. The molecule has 1 aliphatic heterocycles. The molecular weight excluding hydrogens is 268 g/mol. The van der Waals surface area contributed by atoms with Crippen LogP contribution >= 0.6 is 0 Å². The zero-order chi connectivity index (χ0) is 14.4. The van der Waals surface area contributed by atoms with Crippen molar-refractivity contribution in [1.82, 2.24) is 14.9 Å². The molecule has 2 atom stereocenters. The molecule has 0 spiro atoms. The van der Waals surface area contributed by atoms with Gasteiger partial charge in [-0.25, -0.2) is 4.52 Å². The Kier molecular flexibility index (Phi) is 2.85. The number of carbonyl (C=O) groups excluding carboxylic acids is 1. The largest absolute Gasteiger partial charge is 0.399 e. The number of nitrogens with two attached hydrogens (primary N) is 1. The van der Waals surface area contributed by atoms with Gasteiger partial charge in [0, 0.05) is 17.8 Å². The fourth-order valence-electron chi connectivity index (χ4n) is 3.13. The minimum atomic E-state index is -0.100. The van der Waals surface area contributed by atoms with E-state index < -0.39 is 0 Å². The number of anilines is 1. The SMILES string of the molecule is Nc1ccn2ncc(C(=O)NC3COCC3C3CC3)c2c1. The van der Waals surface area contributed by atoms with Crippen molar-refractivity contribution in [2.75, 3.05) is 18.9 Å². The maximum Gasteiger partial charge on any atom is 0.255 e. The average molecular weight is 286 g/mol. The molecule has 0 radical (unpaired) electrons. The molecule has 1 amide bonds. The highest BCUT2D eigenvalue weighted by Crippen LogP contribution is 2.40. The Morgan fingerprint density at radius 3 is 3.10 bits per heavy atom. The van der Waals surface area contributed by atoms with Gasteiger partial charge in [0.2, 0.25) is 0 Å². The van der Waals surface area contributed by atoms with E-state index >= 15 is 0 Å². The van der Waals surface area contributed by atoms with Gasteiger partial charge in [0.15, 0.2) is 0 Å². The van der Waals surface area contributed by atoms with E-state index in [0.717, 1.165) is 18.0 Å². The fourth-order valence-corrected chi connectivity index (χ4v) is 3.13. The Hall–Kier alpha value is -2.08. The lowest BCUT2D eigenvalue weighted by atomic mass is 9.98. The maximum atomic E-state index is 12.5. The first kappa shape index (κ1) is 12.6. The number of amides is 1. The predicted molar refractivity (Wildman–Crippen MR) is 77.9 cm³/mol. The Morgan fingerprint density at radius 2 is 2.29 bits per heavy atom. The summed E-state index contributed by atoms with van der Waals surface area (Å²) in [5, 5.41) is 7.30. The number of fused-ring (bicyclic) bond motifs is 1. The summed E-state index contributed by atoms with van der Waals surface area (Å²) in [6, 6.07) is 3.64. The third-order valence-electron chi connectivity index (χ3n) is 4.46. The summed E-state index contributed by atoms with van der Waals surface area (Å²) in [7, 11) is 0. The zero-order valence-corrected chi connectivity index (χ0v) is 11.7. The molecule has 0 aromatic carbocycles. The third kappa shape index (κ3) is 2.25. The molecule has 21 heavy (non-hydrogen) atoms. The number of aromatic nitrogens is 2. The molecule has 110 valence electrons. The van der Waals surface area contributed by atoms with Crippen molar-refractivity contribution in [3.05, 3.63) is 30.1 Å². The number of hydrogen-bond donors (Lipinski definition) is 2. The van der Waals surface area contributed by atoms with Gasteiger partial charge in [0.1, 0.15) is 0 Å². The van der Waals surface area contributed by atoms with Gasteiger partial charge in [-0.15, -0.1) is 0 Å². The van der Waals surface area contributed by atoms with E-state index in [1.807, 2.05) is 0 Å². The first-order valence-electron chi connectivity index (χ1n) is 7.34. The first-order chi connectivity index (χ1) is 10.2. The molecule has 3 N–H and O–H groups in total. The topological polar surface area (TPSA) is 81.7 Å². The number of pyridine rings is 1. The van der Waals surface area contributed by atoms with Crippen LogP contribution in [-0.4, -0.2) is 34.8 Å². The van der Waals surface area contributed by atoms with Crippen LogP contribution in [0.15, 0.2) is 24.5 Å². The van der Waals surface area contributed by atoms with Crippen molar-refractivity contribution in [2.45, 2.75) is 18.9 Å². The predicted octanol–water partition coefficient (Wildman–Crippen LogP) is 1.07. The molecule has 1 saturated carbocycles. The van der Waals surface area contributed by atoms with Crippen LogP contribution in [0.3, 0.4) is 0 Å². The van der Waals surface area contributed by atoms with Crippen LogP contribution in [0.5, 0.6) is 0 Å². The van der Waals surface area contributed by atoms with Gasteiger partial charge >= 0.3 is 0 Å². The van der Waals surface area contributed by atoms with E-state index in [-0.39, 0.29) is 11.9 Å². The van der Waals surface area contributed by atoms with E-state index in [1.54, 1.807) is 29.0 Å². The molecule has 2 aromatic heterocycles. The lowest BCUT2D eigenvalue weighted by Crippen LogP contribution is -2.40. The summed E-state index contributed by atoms with van der Waals surface area (Å²) in [6.07, 6.45) is 5.86. The number of ether oxygens (including phenoxy) is 1. The number of carbonyl (C=O) groups is 1. The number of nitrogens with one attached hydrogen (secondary N) is 1. The quantitative estimate of drug-likeness (QED) is 0.884. The molecule has 4 rings (SSSR count). The minimum Gasteiger partial charge on any atom is -0.399 e. The Bertz CT molecular complexity index is 692. The minimum absolute atomic E-state index is 0.100. The Morgan fingerprint density at radius 1 is 1.43 bits per heavy atom. The number of rotatable bonds is 3. The summed E-state index contributed by atoms with van der Waals surface area (Å²) in [5.41, 5.74) is 7.71. The molecule has 3 heterocycles. The molecule has 0 bridgehead atoms. The summed E-state index contributed by atoms with van der Waals surface area (Å²) in [4.78, 5) is 12.5. The smallest absolute Gasteiger partial charge is 0.255 e. The summed E-state index contributed by atoms with van der Waals surface area (Å²) in [6.45, 7) is 1.37. The van der Waals surface area contributed by atoms with Crippen LogP contribution < -0.4 is 11.1 Å². The number of hydrogen-bond acceptors (Lipinski definition) is 4. The lowest BCUT2D eigenvalue weighted by molar-refractivity contribution is 0.0925. The van der Waals surface area contributed by atoms with Crippen LogP contribution in [0.4, 0.5) is 5.69 Å². The van der Waals surface area contributed by atoms with Gasteiger partial charge in [-0.2, -0.15) is 5.10 Å². The van der Waals surface area contributed by atoms with Crippen LogP contribution in [0.25, 0.3) is 5.52 Å². The third-order valence-corrected chi connectivity index (χ3v) is 4.46. The standard InChI is InChI=1S/C15H18N4O2/c16-10-3-4-19-14(5-10)11(6-17-19)15(20)18-13-8-21-7-12(13)9-1-2-9/h3-6,9,12-13H,1-2,7-8,16H2,(H,18,20). The van der Waals surface area contributed by atoms with Crippen LogP contribution in [-0.2, 0) is 4.74 Å². The lowest BCUT2D eigenvalue weighted by Gasteiger charge is -2.18. The van der Waals surface area contributed by atoms with Crippen molar-refractivity contribution < 1.29 is 9.53 Å². The molecule has 1 aliphatic carbocycles.